The topological polar surface area (TPSA) is 51.8 Å². The number of anilines is 1. The van der Waals surface area contributed by atoms with E-state index < -0.39 is 12.0 Å². The predicted molar refractivity (Wildman–Crippen MR) is 56.2 cm³/mol. The van der Waals surface area contributed by atoms with Gasteiger partial charge in [0, 0.05) is 5.39 Å². The Labute approximate surface area is 94.9 Å². The molecule has 0 spiro atoms. The van der Waals surface area contributed by atoms with Gasteiger partial charge < -0.3 is 5.73 Å². The first kappa shape index (κ1) is 12.5. The van der Waals surface area contributed by atoms with Crippen molar-refractivity contribution in [3.05, 3.63) is 30.1 Å². The van der Waals surface area contributed by atoms with Gasteiger partial charge in [-0.05, 0) is 12.1 Å². The van der Waals surface area contributed by atoms with Crippen molar-refractivity contribution in [2.24, 2.45) is 0 Å². The molecule has 0 aliphatic heterocycles. The fourth-order valence-corrected chi connectivity index (χ4v) is 1.23. The van der Waals surface area contributed by atoms with E-state index in [0.29, 0.717) is 5.39 Å². The number of benzene rings is 1. The molecule has 0 saturated carbocycles. The summed E-state index contributed by atoms with van der Waals surface area (Å²) in [5, 5.41) is 0.422. The van der Waals surface area contributed by atoms with Crippen molar-refractivity contribution in [3.63, 3.8) is 0 Å². The van der Waals surface area contributed by atoms with Gasteiger partial charge in [0.1, 0.15) is 5.82 Å². The third kappa shape index (κ3) is 2.16. The lowest BCUT2D eigenvalue weighted by Gasteiger charge is -2.07. The standard InChI is InChI=1S/C9H6F3N3.ClH/c10-9(11,12)8-14-6-4-2-1-3-5(6)7(13)15-8;/h1-4H,(H2,13,14,15);1H. The molecule has 0 atom stereocenters. The minimum atomic E-state index is -4.57. The molecule has 0 fully saturated rings. The molecule has 0 radical (unpaired) electrons. The molecule has 3 nitrogen and oxygen atoms in total. The summed E-state index contributed by atoms with van der Waals surface area (Å²) in [5.41, 5.74) is 5.59. The highest BCUT2D eigenvalue weighted by Gasteiger charge is 2.35. The molecule has 0 amide bonds. The van der Waals surface area contributed by atoms with Crippen LogP contribution in [-0.4, -0.2) is 9.97 Å². The first-order valence-corrected chi connectivity index (χ1v) is 4.08. The van der Waals surface area contributed by atoms with E-state index in [1.807, 2.05) is 0 Å². The van der Waals surface area contributed by atoms with Gasteiger partial charge in [0.25, 0.3) is 0 Å². The molecule has 0 unspecified atom stereocenters. The first-order chi connectivity index (χ1) is 6.98. The SMILES string of the molecule is Cl.Nc1nc(C(F)(F)F)nc2ccccc12. The van der Waals surface area contributed by atoms with Crippen molar-refractivity contribution in [1.29, 1.82) is 0 Å². The molecule has 0 bridgehead atoms. The van der Waals surface area contributed by atoms with Crippen LogP contribution in [0.5, 0.6) is 0 Å². The van der Waals surface area contributed by atoms with Gasteiger partial charge in [0.05, 0.1) is 5.52 Å². The molecule has 0 aliphatic rings. The van der Waals surface area contributed by atoms with Gasteiger partial charge in [-0.2, -0.15) is 13.2 Å². The van der Waals surface area contributed by atoms with Crippen LogP contribution in [0.4, 0.5) is 19.0 Å². The van der Waals surface area contributed by atoms with Crippen LogP contribution in [0.25, 0.3) is 10.9 Å². The Bertz CT molecular complexity index is 513. The Morgan fingerprint density at radius 1 is 1.06 bits per heavy atom. The summed E-state index contributed by atoms with van der Waals surface area (Å²) in [6.45, 7) is 0. The highest BCUT2D eigenvalue weighted by molar-refractivity contribution is 5.87. The maximum absolute atomic E-state index is 12.3. The number of halogens is 4. The minimum Gasteiger partial charge on any atom is -0.383 e. The van der Waals surface area contributed by atoms with Crippen LogP contribution in [0.15, 0.2) is 24.3 Å². The molecular formula is C9H7ClF3N3. The smallest absolute Gasteiger partial charge is 0.383 e. The molecule has 2 rings (SSSR count). The zero-order valence-electron chi connectivity index (χ0n) is 7.82. The van der Waals surface area contributed by atoms with Crippen molar-refractivity contribution < 1.29 is 13.2 Å². The number of hydrogen-bond donors (Lipinski definition) is 1. The van der Waals surface area contributed by atoms with E-state index in [0.717, 1.165) is 0 Å². The van der Waals surface area contributed by atoms with Gasteiger partial charge in [-0.3, -0.25) is 0 Å². The zero-order chi connectivity index (χ0) is 11.1. The highest BCUT2D eigenvalue weighted by atomic mass is 35.5. The van der Waals surface area contributed by atoms with Crippen LogP contribution in [0.2, 0.25) is 0 Å². The normalized spacial score (nSPS) is 11.2. The maximum Gasteiger partial charge on any atom is 0.451 e. The second-order valence-electron chi connectivity index (χ2n) is 2.95. The molecule has 0 aliphatic carbocycles. The van der Waals surface area contributed by atoms with Crippen molar-refractivity contribution in [2.45, 2.75) is 6.18 Å². The van der Waals surface area contributed by atoms with Crippen LogP contribution in [0, 0.1) is 0 Å². The third-order valence-electron chi connectivity index (χ3n) is 1.89. The highest BCUT2D eigenvalue weighted by Crippen LogP contribution is 2.28. The summed E-state index contributed by atoms with van der Waals surface area (Å²) in [6, 6.07) is 6.29. The number of hydrogen-bond acceptors (Lipinski definition) is 3. The molecule has 0 saturated heterocycles. The van der Waals surface area contributed by atoms with Gasteiger partial charge in [0.2, 0.25) is 5.82 Å². The molecular weight excluding hydrogens is 243 g/mol. The van der Waals surface area contributed by atoms with Crippen LogP contribution in [-0.2, 0) is 6.18 Å². The Morgan fingerprint density at radius 3 is 2.31 bits per heavy atom. The number of alkyl halides is 3. The van der Waals surface area contributed by atoms with E-state index in [1.54, 1.807) is 18.2 Å². The predicted octanol–water partition coefficient (Wildman–Crippen LogP) is 2.65. The van der Waals surface area contributed by atoms with E-state index in [-0.39, 0.29) is 23.7 Å². The van der Waals surface area contributed by atoms with E-state index in [9.17, 15) is 13.2 Å². The van der Waals surface area contributed by atoms with Crippen molar-refractivity contribution in [3.8, 4) is 0 Å². The fraction of sp³-hybridized carbons (Fsp3) is 0.111. The Kier molecular flexibility index (Phi) is 3.23. The molecule has 86 valence electrons. The lowest BCUT2D eigenvalue weighted by Crippen LogP contribution is -2.12. The quantitative estimate of drug-likeness (QED) is 0.781. The first-order valence-electron chi connectivity index (χ1n) is 4.08. The number of nitrogen functional groups attached to an aromatic ring is 1. The monoisotopic (exact) mass is 249 g/mol. The van der Waals surface area contributed by atoms with E-state index in [4.69, 9.17) is 5.73 Å². The lowest BCUT2D eigenvalue weighted by atomic mass is 10.2. The molecule has 2 aromatic rings. The molecule has 16 heavy (non-hydrogen) atoms. The van der Waals surface area contributed by atoms with Crippen molar-refractivity contribution >= 4 is 29.1 Å². The van der Waals surface area contributed by atoms with E-state index in [1.165, 1.54) is 6.07 Å². The number of nitrogens with zero attached hydrogens (tertiary/aromatic N) is 2. The van der Waals surface area contributed by atoms with E-state index in [2.05, 4.69) is 9.97 Å². The molecule has 1 heterocycles. The zero-order valence-corrected chi connectivity index (χ0v) is 8.64. The molecule has 1 aromatic carbocycles. The van der Waals surface area contributed by atoms with Gasteiger partial charge in [-0.1, -0.05) is 12.1 Å². The van der Waals surface area contributed by atoms with Crippen molar-refractivity contribution in [1.82, 2.24) is 9.97 Å². The summed E-state index contributed by atoms with van der Waals surface area (Å²) in [4.78, 5) is 6.61. The minimum absolute atomic E-state index is 0. The molecule has 2 N–H and O–H groups in total. The average Bonchev–Trinajstić information content (AvgIpc) is 2.16. The van der Waals surface area contributed by atoms with E-state index >= 15 is 0 Å². The van der Waals surface area contributed by atoms with Crippen LogP contribution in [0.1, 0.15) is 5.82 Å². The van der Waals surface area contributed by atoms with Gasteiger partial charge in [-0.25, -0.2) is 9.97 Å². The Hall–Kier alpha value is -1.56. The number of fused-ring (bicyclic) bond motifs is 1. The summed E-state index contributed by atoms with van der Waals surface area (Å²) in [7, 11) is 0. The summed E-state index contributed by atoms with van der Waals surface area (Å²) in [5.74, 6) is -1.37. The van der Waals surface area contributed by atoms with Gasteiger partial charge in [0.15, 0.2) is 0 Å². The summed E-state index contributed by atoms with van der Waals surface area (Å²) in [6.07, 6.45) is -4.57. The summed E-state index contributed by atoms with van der Waals surface area (Å²) < 4.78 is 36.9. The van der Waals surface area contributed by atoms with Crippen LogP contribution >= 0.6 is 12.4 Å². The Balaban J connectivity index is 0.00000128. The number of nitrogens with two attached hydrogens (primary N) is 1. The van der Waals surface area contributed by atoms with Gasteiger partial charge >= 0.3 is 6.18 Å². The Morgan fingerprint density at radius 2 is 1.69 bits per heavy atom. The maximum atomic E-state index is 12.3. The molecule has 7 heteroatoms. The third-order valence-corrected chi connectivity index (χ3v) is 1.89. The summed E-state index contributed by atoms with van der Waals surface area (Å²) >= 11 is 0. The molecule has 1 aromatic heterocycles. The second kappa shape index (κ2) is 4.13. The average molecular weight is 250 g/mol. The fourth-order valence-electron chi connectivity index (χ4n) is 1.23. The van der Waals surface area contributed by atoms with Crippen LogP contribution < -0.4 is 5.73 Å². The number of para-hydroxylation sites is 1. The number of rotatable bonds is 0. The number of aromatic nitrogens is 2. The lowest BCUT2D eigenvalue weighted by molar-refractivity contribution is -0.144. The van der Waals surface area contributed by atoms with Crippen molar-refractivity contribution in [2.75, 3.05) is 5.73 Å². The second-order valence-corrected chi connectivity index (χ2v) is 2.95. The largest absolute Gasteiger partial charge is 0.451 e. The van der Waals surface area contributed by atoms with Crippen LogP contribution in [0.3, 0.4) is 0 Å². The van der Waals surface area contributed by atoms with Gasteiger partial charge in [-0.15, -0.1) is 12.4 Å².